The van der Waals surface area contributed by atoms with Gasteiger partial charge in [0, 0.05) is 27.6 Å². The van der Waals surface area contributed by atoms with Crippen molar-refractivity contribution in [3.05, 3.63) is 79.5 Å². The van der Waals surface area contributed by atoms with Crippen LogP contribution in [0.25, 0.3) is 10.9 Å². The van der Waals surface area contributed by atoms with Crippen LogP contribution in [0.1, 0.15) is 35.8 Å². The Balaban J connectivity index is 2.00. The Morgan fingerprint density at radius 2 is 2.04 bits per heavy atom. The molecule has 1 amide bonds. The van der Waals surface area contributed by atoms with Crippen LogP contribution in [-0.4, -0.2) is 10.5 Å². The molecule has 3 rings (SSSR count). The molecule has 0 saturated carbocycles. The SMILES string of the molecule is CCn1cc(C(=O)N[C@H](C)c2cccc(Br)c2)c(=O)c2cc(Cl)ccc21. The van der Waals surface area contributed by atoms with Gasteiger partial charge in [-0.05, 0) is 49.7 Å². The summed E-state index contributed by atoms with van der Waals surface area (Å²) in [5.74, 6) is -0.397. The molecule has 26 heavy (non-hydrogen) atoms. The quantitative estimate of drug-likeness (QED) is 0.634. The molecule has 0 aliphatic rings. The fourth-order valence-corrected chi connectivity index (χ4v) is 3.52. The lowest BCUT2D eigenvalue weighted by Crippen LogP contribution is -2.31. The molecule has 0 spiro atoms. The van der Waals surface area contributed by atoms with Gasteiger partial charge in [0.25, 0.3) is 5.91 Å². The van der Waals surface area contributed by atoms with Gasteiger partial charge in [-0.2, -0.15) is 0 Å². The topological polar surface area (TPSA) is 51.1 Å². The molecule has 0 fully saturated rings. The van der Waals surface area contributed by atoms with E-state index in [9.17, 15) is 9.59 Å². The average Bonchev–Trinajstić information content (AvgIpc) is 2.62. The predicted octanol–water partition coefficient (Wildman–Crippen LogP) is 4.93. The zero-order valence-electron chi connectivity index (χ0n) is 14.4. The van der Waals surface area contributed by atoms with Crippen LogP contribution >= 0.6 is 27.5 Å². The number of amides is 1. The number of pyridine rings is 1. The third kappa shape index (κ3) is 3.69. The van der Waals surface area contributed by atoms with Gasteiger partial charge in [0.15, 0.2) is 0 Å². The number of aryl methyl sites for hydroxylation is 1. The van der Waals surface area contributed by atoms with E-state index in [0.29, 0.717) is 17.0 Å². The Kier molecular flexibility index (Phi) is 5.49. The number of carbonyl (C=O) groups is 1. The lowest BCUT2D eigenvalue weighted by molar-refractivity contribution is 0.0938. The van der Waals surface area contributed by atoms with Crippen LogP contribution in [0.5, 0.6) is 0 Å². The standard InChI is InChI=1S/C20H18BrClN2O2/c1-3-24-11-17(19(25)16-10-15(22)7-8-18(16)24)20(26)23-12(2)13-5-4-6-14(21)9-13/h4-12H,3H2,1-2H3,(H,23,26)/t12-/m1/s1. The Bertz CT molecular complexity index is 1050. The molecular weight excluding hydrogens is 416 g/mol. The Hall–Kier alpha value is -2.11. The van der Waals surface area contributed by atoms with Gasteiger partial charge >= 0.3 is 0 Å². The first-order valence-electron chi connectivity index (χ1n) is 8.29. The number of hydrogen-bond acceptors (Lipinski definition) is 2. The maximum atomic E-state index is 12.8. The summed E-state index contributed by atoms with van der Waals surface area (Å²) < 4.78 is 2.82. The van der Waals surface area contributed by atoms with E-state index in [4.69, 9.17) is 11.6 Å². The van der Waals surface area contributed by atoms with Crippen LogP contribution in [0.2, 0.25) is 5.02 Å². The summed E-state index contributed by atoms with van der Waals surface area (Å²) >= 11 is 9.47. The van der Waals surface area contributed by atoms with E-state index >= 15 is 0 Å². The van der Waals surface area contributed by atoms with Crippen molar-refractivity contribution < 1.29 is 4.79 Å². The van der Waals surface area contributed by atoms with Gasteiger partial charge in [0.2, 0.25) is 5.43 Å². The molecule has 0 bridgehead atoms. The smallest absolute Gasteiger partial charge is 0.257 e. The van der Waals surface area contributed by atoms with Crippen molar-refractivity contribution in [3.63, 3.8) is 0 Å². The Labute approximate surface area is 164 Å². The van der Waals surface area contributed by atoms with Crippen molar-refractivity contribution >= 4 is 44.3 Å². The van der Waals surface area contributed by atoms with Crippen LogP contribution in [0, 0.1) is 0 Å². The Morgan fingerprint density at radius 3 is 2.73 bits per heavy atom. The number of carbonyl (C=O) groups excluding carboxylic acids is 1. The molecule has 134 valence electrons. The second kappa shape index (κ2) is 7.64. The molecule has 4 nitrogen and oxygen atoms in total. The molecule has 1 N–H and O–H groups in total. The largest absolute Gasteiger partial charge is 0.347 e. The molecule has 0 aliphatic carbocycles. The molecule has 0 aliphatic heterocycles. The minimum atomic E-state index is -0.397. The van der Waals surface area contributed by atoms with Gasteiger partial charge in [-0.1, -0.05) is 39.7 Å². The molecule has 6 heteroatoms. The van der Waals surface area contributed by atoms with Crippen molar-refractivity contribution in [2.24, 2.45) is 0 Å². The molecule has 0 radical (unpaired) electrons. The molecule has 1 aromatic heterocycles. The van der Waals surface area contributed by atoms with E-state index in [2.05, 4.69) is 21.2 Å². The zero-order chi connectivity index (χ0) is 18.8. The number of nitrogens with zero attached hydrogens (tertiary/aromatic N) is 1. The summed E-state index contributed by atoms with van der Waals surface area (Å²) in [4.78, 5) is 25.6. The lowest BCUT2D eigenvalue weighted by Gasteiger charge is -2.16. The number of rotatable bonds is 4. The second-order valence-electron chi connectivity index (χ2n) is 6.07. The van der Waals surface area contributed by atoms with E-state index in [1.54, 1.807) is 24.4 Å². The fraction of sp³-hybridized carbons (Fsp3) is 0.200. The molecule has 3 aromatic rings. The van der Waals surface area contributed by atoms with Gasteiger partial charge in [0.05, 0.1) is 11.6 Å². The monoisotopic (exact) mass is 432 g/mol. The highest BCUT2D eigenvalue weighted by Gasteiger charge is 2.18. The first kappa shape index (κ1) is 18.7. The van der Waals surface area contributed by atoms with Crippen LogP contribution in [0.4, 0.5) is 0 Å². The van der Waals surface area contributed by atoms with Crippen molar-refractivity contribution in [1.29, 1.82) is 0 Å². The van der Waals surface area contributed by atoms with Crippen molar-refractivity contribution in [3.8, 4) is 0 Å². The highest BCUT2D eigenvalue weighted by molar-refractivity contribution is 9.10. The third-order valence-corrected chi connectivity index (χ3v) is 5.05. The van der Waals surface area contributed by atoms with Crippen LogP contribution in [0.15, 0.2) is 57.9 Å². The summed E-state index contributed by atoms with van der Waals surface area (Å²) in [5, 5.41) is 3.82. The summed E-state index contributed by atoms with van der Waals surface area (Å²) in [7, 11) is 0. The fourth-order valence-electron chi connectivity index (χ4n) is 2.93. The summed E-state index contributed by atoms with van der Waals surface area (Å²) in [6.45, 7) is 4.49. The summed E-state index contributed by atoms with van der Waals surface area (Å²) in [6.07, 6.45) is 1.61. The molecule has 1 heterocycles. The second-order valence-corrected chi connectivity index (χ2v) is 7.42. The van der Waals surface area contributed by atoms with E-state index in [1.165, 1.54) is 0 Å². The van der Waals surface area contributed by atoms with Crippen LogP contribution in [0.3, 0.4) is 0 Å². The maximum Gasteiger partial charge on any atom is 0.257 e. The first-order chi connectivity index (χ1) is 12.4. The highest BCUT2D eigenvalue weighted by atomic mass is 79.9. The number of nitrogens with one attached hydrogen (secondary N) is 1. The van der Waals surface area contributed by atoms with E-state index < -0.39 is 5.91 Å². The third-order valence-electron chi connectivity index (χ3n) is 4.32. The molecule has 2 aromatic carbocycles. The number of aromatic nitrogens is 1. The zero-order valence-corrected chi connectivity index (χ0v) is 16.8. The van der Waals surface area contributed by atoms with Crippen molar-refractivity contribution in [1.82, 2.24) is 9.88 Å². The minimum absolute atomic E-state index is 0.114. The maximum absolute atomic E-state index is 12.8. The van der Waals surface area contributed by atoms with Crippen LogP contribution < -0.4 is 10.7 Å². The molecule has 0 saturated heterocycles. The molecule has 0 unspecified atom stereocenters. The van der Waals surface area contributed by atoms with E-state index in [1.807, 2.05) is 42.7 Å². The molecule has 1 atom stereocenters. The average molecular weight is 434 g/mol. The van der Waals surface area contributed by atoms with Gasteiger partial charge in [-0.15, -0.1) is 0 Å². The number of fused-ring (bicyclic) bond motifs is 1. The van der Waals surface area contributed by atoms with Crippen LogP contribution in [-0.2, 0) is 6.54 Å². The van der Waals surface area contributed by atoms with Gasteiger partial charge in [-0.3, -0.25) is 9.59 Å². The first-order valence-corrected chi connectivity index (χ1v) is 9.47. The highest BCUT2D eigenvalue weighted by Crippen LogP contribution is 2.20. The lowest BCUT2D eigenvalue weighted by atomic mass is 10.1. The number of halogens is 2. The van der Waals surface area contributed by atoms with E-state index in [-0.39, 0.29) is 17.0 Å². The summed E-state index contributed by atoms with van der Waals surface area (Å²) in [6, 6.07) is 12.6. The predicted molar refractivity (Wildman–Crippen MR) is 109 cm³/mol. The molecular formula is C20H18BrClN2O2. The summed E-state index contributed by atoms with van der Waals surface area (Å²) in [5.41, 5.74) is 1.51. The normalized spacial score (nSPS) is 12.2. The number of hydrogen-bond donors (Lipinski definition) is 1. The van der Waals surface area contributed by atoms with E-state index in [0.717, 1.165) is 15.6 Å². The number of benzene rings is 2. The van der Waals surface area contributed by atoms with Crippen molar-refractivity contribution in [2.45, 2.75) is 26.4 Å². The van der Waals surface area contributed by atoms with Gasteiger partial charge in [-0.25, -0.2) is 0 Å². The van der Waals surface area contributed by atoms with Gasteiger partial charge < -0.3 is 9.88 Å². The van der Waals surface area contributed by atoms with Gasteiger partial charge in [0.1, 0.15) is 5.56 Å². The Morgan fingerprint density at radius 1 is 1.27 bits per heavy atom. The minimum Gasteiger partial charge on any atom is -0.347 e. The van der Waals surface area contributed by atoms with Crippen molar-refractivity contribution in [2.75, 3.05) is 0 Å².